The van der Waals surface area contributed by atoms with E-state index in [1.165, 1.54) is 12.8 Å². The second-order valence-electron chi connectivity index (χ2n) is 4.47. The monoisotopic (exact) mass is 246 g/mol. The molecule has 1 fully saturated rings. The summed E-state index contributed by atoms with van der Waals surface area (Å²) < 4.78 is 2.00. The molecule has 1 heterocycles. The molecule has 1 aliphatic carbocycles. The van der Waals surface area contributed by atoms with Gasteiger partial charge in [0, 0.05) is 12.4 Å². The van der Waals surface area contributed by atoms with Crippen molar-refractivity contribution in [1.82, 2.24) is 9.78 Å². The third-order valence-electron chi connectivity index (χ3n) is 3.24. The fourth-order valence-electron chi connectivity index (χ4n) is 1.93. The molecular weight excluding hydrogens is 231 g/mol. The maximum atomic E-state index is 6.26. The molecule has 15 heavy (non-hydrogen) atoms. The average molecular weight is 247 g/mol. The van der Waals surface area contributed by atoms with Crippen LogP contribution >= 0.6 is 23.2 Å². The Balaban J connectivity index is 2.26. The van der Waals surface area contributed by atoms with E-state index in [-0.39, 0.29) is 0 Å². The molecule has 2 rings (SSSR count). The molecule has 1 aromatic heterocycles. The predicted molar refractivity (Wildman–Crippen MR) is 63.7 cm³/mol. The average Bonchev–Trinajstić information content (AvgIpc) is 2.97. The van der Waals surface area contributed by atoms with Gasteiger partial charge in [-0.1, -0.05) is 11.6 Å². The van der Waals surface area contributed by atoms with Gasteiger partial charge >= 0.3 is 0 Å². The van der Waals surface area contributed by atoms with Crippen molar-refractivity contribution >= 4 is 23.2 Å². The van der Waals surface area contributed by atoms with Crippen molar-refractivity contribution in [3.05, 3.63) is 16.4 Å². The van der Waals surface area contributed by atoms with Crippen molar-refractivity contribution < 1.29 is 0 Å². The first-order chi connectivity index (χ1) is 7.12. The van der Waals surface area contributed by atoms with Gasteiger partial charge in [0.15, 0.2) is 0 Å². The topological polar surface area (TPSA) is 17.8 Å². The van der Waals surface area contributed by atoms with Crippen molar-refractivity contribution in [1.29, 1.82) is 0 Å². The van der Waals surface area contributed by atoms with E-state index in [4.69, 9.17) is 23.2 Å². The number of aryl methyl sites for hydroxylation is 2. The molecule has 1 saturated carbocycles. The van der Waals surface area contributed by atoms with E-state index in [9.17, 15) is 0 Å². The first-order valence-electron chi connectivity index (χ1n) is 5.39. The van der Waals surface area contributed by atoms with E-state index in [1.807, 2.05) is 11.6 Å². The normalized spacial score (nSPS) is 18.1. The van der Waals surface area contributed by atoms with E-state index < -0.39 is 0 Å². The van der Waals surface area contributed by atoms with Crippen LogP contribution < -0.4 is 0 Å². The standard InChI is InChI=1S/C11H16Cl2N2/c1-3-15-9(10(13)8(2)14-15)6-11(7-12)4-5-11/h3-7H2,1-2H3. The van der Waals surface area contributed by atoms with Gasteiger partial charge in [-0.25, -0.2) is 0 Å². The van der Waals surface area contributed by atoms with Crippen LogP contribution in [0.5, 0.6) is 0 Å². The molecule has 0 atom stereocenters. The van der Waals surface area contributed by atoms with Crippen LogP contribution in [0.3, 0.4) is 0 Å². The zero-order valence-electron chi connectivity index (χ0n) is 9.19. The van der Waals surface area contributed by atoms with E-state index >= 15 is 0 Å². The number of rotatable bonds is 4. The van der Waals surface area contributed by atoms with Crippen LogP contribution in [-0.4, -0.2) is 15.7 Å². The molecule has 0 aliphatic heterocycles. The fraction of sp³-hybridized carbons (Fsp3) is 0.727. The maximum Gasteiger partial charge on any atom is 0.0847 e. The van der Waals surface area contributed by atoms with Crippen LogP contribution in [0.2, 0.25) is 5.02 Å². The first-order valence-corrected chi connectivity index (χ1v) is 6.31. The summed E-state index contributed by atoms with van der Waals surface area (Å²) in [6.45, 7) is 4.92. The molecule has 1 aromatic rings. The highest BCUT2D eigenvalue weighted by Crippen LogP contribution is 2.50. The van der Waals surface area contributed by atoms with Gasteiger partial charge in [0.2, 0.25) is 0 Å². The smallest absolute Gasteiger partial charge is 0.0847 e. The van der Waals surface area contributed by atoms with Gasteiger partial charge in [-0.2, -0.15) is 5.10 Å². The van der Waals surface area contributed by atoms with Gasteiger partial charge in [-0.05, 0) is 38.5 Å². The lowest BCUT2D eigenvalue weighted by Gasteiger charge is -2.12. The van der Waals surface area contributed by atoms with Gasteiger partial charge in [0.25, 0.3) is 0 Å². The van der Waals surface area contributed by atoms with E-state index in [0.29, 0.717) is 5.41 Å². The molecule has 0 N–H and O–H groups in total. The molecule has 0 amide bonds. The van der Waals surface area contributed by atoms with E-state index in [1.54, 1.807) is 0 Å². The SMILES string of the molecule is CCn1nc(C)c(Cl)c1CC1(CCl)CC1. The Hall–Kier alpha value is -0.210. The van der Waals surface area contributed by atoms with Crippen molar-refractivity contribution in [3.63, 3.8) is 0 Å². The van der Waals surface area contributed by atoms with Gasteiger partial charge in [-0.15, -0.1) is 11.6 Å². The molecule has 1 aliphatic rings. The van der Waals surface area contributed by atoms with Crippen molar-refractivity contribution in [2.24, 2.45) is 5.41 Å². The summed E-state index contributed by atoms with van der Waals surface area (Å²) in [5.41, 5.74) is 2.40. The van der Waals surface area contributed by atoms with Gasteiger partial charge in [0.1, 0.15) is 0 Å². The number of halogens is 2. The highest BCUT2D eigenvalue weighted by atomic mass is 35.5. The summed E-state index contributed by atoms with van der Waals surface area (Å²) >= 11 is 12.2. The third-order valence-corrected chi connectivity index (χ3v) is 4.29. The number of hydrogen-bond acceptors (Lipinski definition) is 1. The quantitative estimate of drug-likeness (QED) is 0.745. The molecule has 4 heteroatoms. The number of alkyl halides is 1. The van der Waals surface area contributed by atoms with E-state index in [0.717, 1.165) is 35.3 Å². The lowest BCUT2D eigenvalue weighted by Crippen LogP contribution is -2.12. The van der Waals surface area contributed by atoms with Crippen LogP contribution in [0.25, 0.3) is 0 Å². The fourth-order valence-corrected chi connectivity index (χ4v) is 2.49. The van der Waals surface area contributed by atoms with Crippen molar-refractivity contribution in [2.45, 2.75) is 39.7 Å². The minimum Gasteiger partial charge on any atom is -0.268 e. The zero-order chi connectivity index (χ0) is 11.1. The molecule has 0 radical (unpaired) electrons. The third kappa shape index (κ3) is 2.02. The Kier molecular flexibility index (Phi) is 3.00. The minimum atomic E-state index is 0.310. The Labute approximate surface area is 101 Å². The Morgan fingerprint density at radius 1 is 1.47 bits per heavy atom. The first kappa shape index (κ1) is 11.3. The molecule has 0 aromatic carbocycles. The van der Waals surface area contributed by atoms with E-state index in [2.05, 4.69) is 12.0 Å². The molecule has 0 unspecified atom stereocenters. The number of aromatic nitrogens is 2. The van der Waals surface area contributed by atoms with Crippen LogP contribution in [-0.2, 0) is 13.0 Å². The van der Waals surface area contributed by atoms with Crippen LogP contribution in [0.15, 0.2) is 0 Å². The number of hydrogen-bond donors (Lipinski definition) is 0. The van der Waals surface area contributed by atoms with Crippen LogP contribution in [0.1, 0.15) is 31.2 Å². The molecule has 84 valence electrons. The Morgan fingerprint density at radius 2 is 2.13 bits per heavy atom. The lowest BCUT2D eigenvalue weighted by molar-refractivity contribution is 0.523. The van der Waals surface area contributed by atoms with Gasteiger partial charge in [0.05, 0.1) is 16.4 Å². The summed E-state index contributed by atoms with van der Waals surface area (Å²) in [7, 11) is 0. The maximum absolute atomic E-state index is 6.26. The second-order valence-corrected chi connectivity index (χ2v) is 5.12. The zero-order valence-corrected chi connectivity index (χ0v) is 10.7. The van der Waals surface area contributed by atoms with Crippen molar-refractivity contribution in [3.8, 4) is 0 Å². The Bertz CT molecular complexity index is 367. The predicted octanol–water partition coefficient (Wildman–Crippen LogP) is 3.43. The summed E-state index contributed by atoms with van der Waals surface area (Å²) in [6, 6.07) is 0. The molecule has 2 nitrogen and oxygen atoms in total. The lowest BCUT2D eigenvalue weighted by atomic mass is 10.0. The molecule has 0 bridgehead atoms. The molecular formula is C11H16Cl2N2. The van der Waals surface area contributed by atoms with Gasteiger partial charge < -0.3 is 0 Å². The largest absolute Gasteiger partial charge is 0.268 e. The molecule has 0 saturated heterocycles. The summed E-state index contributed by atoms with van der Waals surface area (Å²) in [4.78, 5) is 0. The van der Waals surface area contributed by atoms with Crippen LogP contribution in [0.4, 0.5) is 0 Å². The second kappa shape index (κ2) is 3.99. The highest BCUT2D eigenvalue weighted by molar-refractivity contribution is 6.31. The highest BCUT2D eigenvalue weighted by Gasteiger charge is 2.43. The van der Waals surface area contributed by atoms with Crippen LogP contribution in [0, 0.1) is 12.3 Å². The van der Waals surface area contributed by atoms with Crippen molar-refractivity contribution in [2.75, 3.05) is 5.88 Å². The Morgan fingerprint density at radius 3 is 2.60 bits per heavy atom. The summed E-state index contributed by atoms with van der Waals surface area (Å²) in [5, 5.41) is 5.24. The summed E-state index contributed by atoms with van der Waals surface area (Å²) in [5.74, 6) is 0.733. The van der Waals surface area contributed by atoms with Gasteiger partial charge in [-0.3, -0.25) is 4.68 Å². The summed E-state index contributed by atoms with van der Waals surface area (Å²) in [6.07, 6.45) is 3.42. The molecule has 0 spiro atoms. The minimum absolute atomic E-state index is 0.310. The number of nitrogens with zero attached hydrogens (tertiary/aromatic N) is 2.